The van der Waals surface area contributed by atoms with E-state index < -0.39 is 0 Å². The summed E-state index contributed by atoms with van der Waals surface area (Å²) in [5.41, 5.74) is 1.75. The van der Waals surface area contributed by atoms with Crippen molar-refractivity contribution in [3.8, 4) is 0 Å². The third-order valence-electron chi connectivity index (χ3n) is 4.57. The second-order valence-corrected chi connectivity index (χ2v) is 6.14. The van der Waals surface area contributed by atoms with E-state index in [2.05, 4.69) is 14.5 Å². The molecule has 0 bridgehead atoms. The number of hydrogen-bond acceptors (Lipinski definition) is 3. The highest BCUT2D eigenvalue weighted by Crippen LogP contribution is 2.56. The lowest BCUT2D eigenvalue weighted by atomic mass is 10.3. The number of nitrogens with zero attached hydrogens (tertiary/aromatic N) is 4. The van der Waals surface area contributed by atoms with Gasteiger partial charge >= 0.3 is 0 Å². The van der Waals surface area contributed by atoms with Crippen LogP contribution < -0.4 is 0 Å². The lowest BCUT2D eigenvalue weighted by Gasteiger charge is -2.18. The molecule has 0 radical (unpaired) electrons. The Morgan fingerprint density at radius 3 is 2.65 bits per heavy atom. The standard InChI is InChI=1S/C14H15ClN4O/c1-7-16-11-3-4-12(15)17-14(11)19(7)13-9-5-18(8(2)20)6-10(9)13/h3-4,9-10,13H,5-6H2,1-2H3/t9-,10+,13+. The summed E-state index contributed by atoms with van der Waals surface area (Å²) >= 11 is 6.01. The minimum Gasteiger partial charge on any atom is -0.342 e. The molecule has 5 nitrogen and oxygen atoms in total. The summed E-state index contributed by atoms with van der Waals surface area (Å²) in [7, 11) is 0. The van der Waals surface area contributed by atoms with Crippen LogP contribution in [-0.4, -0.2) is 38.4 Å². The molecule has 2 aliphatic rings. The molecule has 2 aromatic rings. The molecule has 6 heteroatoms. The SMILES string of the molecule is CC(=O)N1C[C@@H]2[C@H](C1)[C@H]2n1c(C)nc2ccc(Cl)nc21. The number of rotatable bonds is 1. The molecule has 2 fully saturated rings. The molecular formula is C14H15ClN4O. The van der Waals surface area contributed by atoms with E-state index in [0.717, 1.165) is 30.1 Å². The first-order valence-corrected chi connectivity index (χ1v) is 7.20. The minimum absolute atomic E-state index is 0.171. The number of likely N-dealkylation sites (tertiary alicyclic amines) is 1. The normalized spacial score (nSPS) is 27.9. The lowest BCUT2D eigenvalue weighted by Crippen LogP contribution is -2.29. The van der Waals surface area contributed by atoms with Crippen LogP contribution in [0.1, 0.15) is 18.8 Å². The molecule has 1 amide bonds. The number of imidazole rings is 1. The van der Waals surface area contributed by atoms with Gasteiger partial charge in [-0.2, -0.15) is 0 Å². The second kappa shape index (κ2) is 3.95. The first kappa shape index (κ1) is 12.1. The largest absolute Gasteiger partial charge is 0.342 e. The van der Waals surface area contributed by atoms with Crippen molar-refractivity contribution in [2.45, 2.75) is 19.9 Å². The van der Waals surface area contributed by atoms with Crippen LogP contribution in [0.4, 0.5) is 0 Å². The molecule has 104 valence electrons. The van der Waals surface area contributed by atoms with E-state index in [0.29, 0.717) is 23.0 Å². The average Bonchev–Trinajstić information content (AvgIpc) is 2.77. The van der Waals surface area contributed by atoms with Crippen molar-refractivity contribution in [1.29, 1.82) is 0 Å². The van der Waals surface area contributed by atoms with Crippen LogP contribution in [0.2, 0.25) is 5.15 Å². The van der Waals surface area contributed by atoms with Gasteiger partial charge in [0.15, 0.2) is 5.65 Å². The molecule has 1 aliphatic heterocycles. The summed E-state index contributed by atoms with van der Waals surface area (Å²) in [5, 5.41) is 0.495. The average molecular weight is 291 g/mol. The molecule has 2 aromatic heterocycles. The van der Waals surface area contributed by atoms with Gasteiger partial charge < -0.3 is 9.47 Å². The smallest absolute Gasteiger partial charge is 0.219 e. The number of carbonyl (C=O) groups is 1. The number of halogens is 1. The molecule has 0 aromatic carbocycles. The van der Waals surface area contributed by atoms with Gasteiger partial charge in [0.25, 0.3) is 0 Å². The van der Waals surface area contributed by atoms with Gasteiger partial charge in [0, 0.05) is 37.9 Å². The molecule has 3 atom stereocenters. The van der Waals surface area contributed by atoms with E-state index in [9.17, 15) is 4.79 Å². The lowest BCUT2D eigenvalue weighted by molar-refractivity contribution is -0.128. The van der Waals surface area contributed by atoms with Gasteiger partial charge in [0.1, 0.15) is 16.5 Å². The number of piperidine rings is 1. The number of pyridine rings is 1. The van der Waals surface area contributed by atoms with Crippen molar-refractivity contribution in [2.24, 2.45) is 11.8 Å². The van der Waals surface area contributed by atoms with Crippen LogP contribution >= 0.6 is 11.6 Å². The molecule has 1 saturated heterocycles. The van der Waals surface area contributed by atoms with Gasteiger partial charge in [-0.25, -0.2) is 9.97 Å². The molecule has 1 saturated carbocycles. The highest BCUT2D eigenvalue weighted by Gasteiger charge is 2.58. The van der Waals surface area contributed by atoms with E-state index in [1.54, 1.807) is 13.0 Å². The molecule has 4 rings (SSSR count). The summed E-state index contributed by atoms with van der Waals surface area (Å²) in [6.45, 7) is 5.35. The third-order valence-corrected chi connectivity index (χ3v) is 4.78. The van der Waals surface area contributed by atoms with E-state index in [1.807, 2.05) is 17.9 Å². The topological polar surface area (TPSA) is 51.0 Å². The molecular weight excluding hydrogens is 276 g/mol. The third kappa shape index (κ3) is 1.59. The van der Waals surface area contributed by atoms with Crippen molar-refractivity contribution < 1.29 is 4.79 Å². The van der Waals surface area contributed by atoms with Crippen LogP contribution in [-0.2, 0) is 4.79 Å². The summed E-state index contributed by atoms with van der Waals surface area (Å²) in [6.07, 6.45) is 0. The zero-order chi connectivity index (χ0) is 14.0. The van der Waals surface area contributed by atoms with Crippen molar-refractivity contribution >= 4 is 28.7 Å². The van der Waals surface area contributed by atoms with Crippen molar-refractivity contribution in [1.82, 2.24) is 19.4 Å². The van der Waals surface area contributed by atoms with Crippen LogP contribution in [0.15, 0.2) is 12.1 Å². The molecule has 20 heavy (non-hydrogen) atoms. The Morgan fingerprint density at radius 2 is 2.00 bits per heavy atom. The first-order chi connectivity index (χ1) is 9.56. The van der Waals surface area contributed by atoms with Crippen LogP contribution in [0.25, 0.3) is 11.2 Å². The molecule has 0 unspecified atom stereocenters. The second-order valence-electron chi connectivity index (χ2n) is 5.75. The van der Waals surface area contributed by atoms with Crippen molar-refractivity contribution in [3.05, 3.63) is 23.1 Å². The number of fused-ring (bicyclic) bond motifs is 2. The molecule has 1 aliphatic carbocycles. The van der Waals surface area contributed by atoms with Gasteiger partial charge in [-0.05, 0) is 19.1 Å². The van der Waals surface area contributed by atoms with Gasteiger partial charge in [0.05, 0.1) is 0 Å². The summed E-state index contributed by atoms with van der Waals surface area (Å²) in [5.74, 6) is 2.22. The number of hydrogen-bond donors (Lipinski definition) is 0. The van der Waals surface area contributed by atoms with E-state index in [4.69, 9.17) is 11.6 Å². The number of carbonyl (C=O) groups excluding carboxylic acids is 1. The van der Waals surface area contributed by atoms with Gasteiger partial charge in [-0.1, -0.05) is 11.6 Å². The fourth-order valence-corrected chi connectivity index (χ4v) is 3.70. The Bertz CT molecular complexity index is 713. The van der Waals surface area contributed by atoms with E-state index >= 15 is 0 Å². The molecule has 0 N–H and O–H groups in total. The Morgan fingerprint density at radius 1 is 1.30 bits per heavy atom. The zero-order valence-corrected chi connectivity index (χ0v) is 12.1. The van der Waals surface area contributed by atoms with Gasteiger partial charge in [-0.3, -0.25) is 4.79 Å². The van der Waals surface area contributed by atoms with E-state index in [-0.39, 0.29) is 5.91 Å². The highest BCUT2D eigenvalue weighted by atomic mass is 35.5. The fraction of sp³-hybridized carbons (Fsp3) is 0.500. The summed E-state index contributed by atoms with van der Waals surface area (Å²) < 4.78 is 2.20. The van der Waals surface area contributed by atoms with Gasteiger partial charge in [0.2, 0.25) is 5.91 Å². The predicted molar refractivity (Wildman–Crippen MR) is 75.5 cm³/mol. The highest BCUT2D eigenvalue weighted by molar-refractivity contribution is 6.29. The molecule has 0 spiro atoms. The summed E-state index contributed by atoms with van der Waals surface area (Å²) in [4.78, 5) is 22.3. The number of aryl methyl sites for hydroxylation is 1. The van der Waals surface area contributed by atoms with Crippen LogP contribution in [0.3, 0.4) is 0 Å². The monoisotopic (exact) mass is 290 g/mol. The Labute approximate surface area is 121 Å². The van der Waals surface area contributed by atoms with Crippen LogP contribution in [0, 0.1) is 18.8 Å². The van der Waals surface area contributed by atoms with Gasteiger partial charge in [-0.15, -0.1) is 0 Å². The first-order valence-electron chi connectivity index (χ1n) is 6.83. The zero-order valence-electron chi connectivity index (χ0n) is 11.4. The number of amides is 1. The maximum atomic E-state index is 11.4. The fourth-order valence-electron chi connectivity index (χ4n) is 3.56. The minimum atomic E-state index is 0.171. The van der Waals surface area contributed by atoms with E-state index in [1.165, 1.54) is 0 Å². The molecule has 3 heterocycles. The quantitative estimate of drug-likeness (QED) is 0.755. The Balaban J connectivity index is 1.70. The predicted octanol–water partition coefficient (Wildman–Crippen LogP) is 2.04. The number of aromatic nitrogens is 3. The Kier molecular flexibility index (Phi) is 2.40. The van der Waals surface area contributed by atoms with Crippen LogP contribution in [0.5, 0.6) is 0 Å². The Hall–Kier alpha value is -1.62. The maximum Gasteiger partial charge on any atom is 0.219 e. The van der Waals surface area contributed by atoms with Crippen molar-refractivity contribution in [2.75, 3.05) is 13.1 Å². The van der Waals surface area contributed by atoms with Crippen molar-refractivity contribution in [3.63, 3.8) is 0 Å². The summed E-state index contributed by atoms with van der Waals surface area (Å²) in [6, 6.07) is 4.10. The maximum absolute atomic E-state index is 11.4.